The molecule has 1 aromatic rings. The van der Waals surface area contributed by atoms with Gasteiger partial charge in [-0.3, -0.25) is 4.90 Å². The van der Waals surface area contributed by atoms with Crippen molar-refractivity contribution in [2.45, 2.75) is 31.2 Å². The molecule has 1 aliphatic heterocycles. The minimum Gasteiger partial charge on any atom is -0.480 e. The first-order valence-electron chi connectivity index (χ1n) is 6.55. The molecule has 114 valence electrons. The number of rotatable bonds is 4. The molecule has 3 atom stereocenters. The molecule has 1 heterocycles. The van der Waals surface area contributed by atoms with Gasteiger partial charge in [0.1, 0.15) is 12.6 Å². The Morgan fingerprint density at radius 3 is 2.52 bits per heavy atom. The summed E-state index contributed by atoms with van der Waals surface area (Å²) in [5, 5.41) is 28.1. The van der Waals surface area contributed by atoms with Gasteiger partial charge in [-0.2, -0.15) is 0 Å². The second-order valence-corrected chi connectivity index (χ2v) is 4.85. The maximum Gasteiger partial charge on any atom is 0.411 e. The SMILES string of the molecule is O=C(O)[C@@H]1C[C@H](O)[C@@H](CO)N1C(=O)OCc1ccccc1. The summed E-state index contributed by atoms with van der Waals surface area (Å²) in [7, 11) is 0. The molecule has 1 amide bonds. The number of carboxylic acids is 1. The third-order valence-electron chi connectivity index (χ3n) is 3.49. The fourth-order valence-corrected chi connectivity index (χ4v) is 2.40. The summed E-state index contributed by atoms with van der Waals surface area (Å²) in [6, 6.07) is 6.78. The van der Waals surface area contributed by atoms with E-state index in [9.17, 15) is 19.8 Å². The van der Waals surface area contributed by atoms with Crippen molar-refractivity contribution in [3.8, 4) is 0 Å². The van der Waals surface area contributed by atoms with Crippen LogP contribution in [-0.2, 0) is 16.1 Å². The molecule has 0 aliphatic carbocycles. The summed E-state index contributed by atoms with van der Waals surface area (Å²) in [5.74, 6) is -1.23. The van der Waals surface area contributed by atoms with Gasteiger partial charge in [0.25, 0.3) is 0 Å². The van der Waals surface area contributed by atoms with Crippen molar-refractivity contribution in [3.05, 3.63) is 35.9 Å². The van der Waals surface area contributed by atoms with Gasteiger partial charge in [0.05, 0.1) is 18.8 Å². The molecule has 1 aromatic carbocycles. The Bertz CT molecular complexity index is 505. The van der Waals surface area contributed by atoms with Gasteiger partial charge in [-0.05, 0) is 5.56 Å². The van der Waals surface area contributed by atoms with E-state index >= 15 is 0 Å². The Hall–Kier alpha value is -2.12. The number of benzene rings is 1. The first-order chi connectivity index (χ1) is 10.0. The van der Waals surface area contributed by atoms with Crippen LogP contribution in [0.25, 0.3) is 0 Å². The standard InChI is InChI=1S/C14H17NO6/c16-7-11-12(17)6-10(13(18)19)15(11)14(20)21-8-9-4-2-1-3-5-9/h1-5,10-12,16-17H,6-8H2,(H,18,19)/t10-,11+,12-/m0/s1. The second-order valence-electron chi connectivity index (χ2n) is 4.85. The van der Waals surface area contributed by atoms with Gasteiger partial charge in [-0.15, -0.1) is 0 Å². The van der Waals surface area contributed by atoms with Gasteiger partial charge >= 0.3 is 12.1 Å². The number of carbonyl (C=O) groups excluding carboxylic acids is 1. The van der Waals surface area contributed by atoms with E-state index in [2.05, 4.69) is 0 Å². The predicted octanol–water partition coefficient (Wildman–Crippen LogP) is 0.204. The van der Waals surface area contributed by atoms with Crippen LogP contribution in [0.4, 0.5) is 4.79 Å². The lowest BCUT2D eigenvalue weighted by Gasteiger charge is -2.26. The zero-order valence-corrected chi connectivity index (χ0v) is 11.3. The minimum atomic E-state index is -1.23. The maximum absolute atomic E-state index is 12.1. The lowest BCUT2D eigenvalue weighted by molar-refractivity contribution is -0.142. The summed E-state index contributed by atoms with van der Waals surface area (Å²) in [4.78, 5) is 24.1. The van der Waals surface area contributed by atoms with Crippen molar-refractivity contribution in [2.75, 3.05) is 6.61 Å². The molecular formula is C14H17NO6. The van der Waals surface area contributed by atoms with E-state index in [1.54, 1.807) is 24.3 Å². The molecule has 1 fully saturated rings. The van der Waals surface area contributed by atoms with Gasteiger partial charge in [0, 0.05) is 6.42 Å². The third-order valence-corrected chi connectivity index (χ3v) is 3.49. The number of carboxylic acid groups (broad SMARTS) is 1. The summed E-state index contributed by atoms with van der Waals surface area (Å²) in [6.07, 6.45) is -2.07. The highest BCUT2D eigenvalue weighted by molar-refractivity contribution is 5.81. The molecule has 1 saturated heterocycles. The van der Waals surface area contributed by atoms with Crippen LogP contribution in [0, 0.1) is 0 Å². The Labute approximate surface area is 121 Å². The van der Waals surface area contributed by atoms with Crippen LogP contribution in [0.3, 0.4) is 0 Å². The summed E-state index contributed by atoms with van der Waals surface area (Å²) < 4.78 is 5.07. The minimum absolute atomic E-state index is 0.00322. The first-order valence-corrected chi connectivity index (χ1v) is 6.55. The number of aliphatic hydroxyl groups excluding tert-OH is 2. The molecule has 0 bridgehead atoms. The number of carbonyl (C=O) groups is 2. The smallest absolute Gasteiger partial charge is 0.411 e. The summed E-state index contributed by atoms with van der Waals surface area (Å²) >= 11 is 0. The van der Waals surface area contributed by atoms with Crippen molar-refractivity contribution >= 4 is 12.1 Å². The van der Waals surface area contributed by atoms with Gasteiger partial charge < -0.3 is 20.1 Å². The molecule has 7 heteroatoms. The molecule has 0 radical (unpaired) electrons. The topological polar surface area (TPSA) is 107 Å². The van der Waals surface area contributed by atoms with E-state index in [0.717, 1.165) is 10.5 Å². The fraction of sp³-hybridized carbons (Fsp3) is 0.429. The number of aliphatic carboxylic acids is 1. The van der Waals surface area contributed by atoms with E-state index in [1.807, 2.05) is 6.07 Å². The van der Waals surface area contributed by atoms with Crippen molar-refractivity contribution < 1.29 is 29.6 Å². The van der Waals surface area contributed by atoms with E-state index in [1.165, 1.54) is 0 Å². The fourth-order valence-electron chi connectivity index (χ4n) is 2.40. The lowest BCUT2D eigenvalue weighted by Crippen LogP contribution is -2.48. The van der Waals surface area contributed by atoms with Gasteiger partial charge in [0.15, 0.2) is 0 Å². The van der Waals surface area contributed by atoms with E-state index < -0.39 is 36.9 Å². The monoisotopic (exact) mass is 295 g/mol. The number of likely N-dealkylation sites (tertiary alicyclic amines) is 1. The van der Waals surface area contributed by atoms with E-state index in [-0.39, 0.29) is 13.0 Å². The Kier molecular flexibility index (Phi) is 4.77. The molecular weight excluding hydrogens is 278 g/mol. The largest absolute Gasteiger partial charge is 0.480 e. The molecule has 0 unspecified atom stereocenters. The average molecular weight is 295 g/mol. The van der Waals surface area contributed by atoms with Crippen molar-refractivity contribution in [2.24, 2.45) is 0 Å². The number of nitrogens with zero attached hydrogens (tertiary/aromatic N) is 1. The zero-order chi connectivity index (χ0) is 15.4. The van der Waals surface area contributed by atoms with Gasteiger partial charge in [0.2, 0.25) is 0 Å². The molecule has 2 rings (SSSR count). The normalized spacial score (nSPS) is 24.9. The zero-order valence-electron chi connectivity index (χ0n) is 11.3. The van der Waals surface area contributed by atoms with Crippen molar-refractivity contribution in [1.82, 2.24) is 4.90 Å². The number of hydrogen-bond acceptors (Lipinski definition) is 5. The average Bonchev–Trinajstić information content (AvgIpc) is 2.82. The molecule has 1 aliphatic rings. The number of hydrogen-bond donors (Lipinski definition) is 3. The van der Waals surface area contributed by atoms with Gasteiger partial charge in [-0.25, -0.2) is 9.59 Å². The molecule has 0 aromatic heterocycles. The molecule has 7 nitrogen and oxygen atoms in total. The third kappa shape index (κ3) is 3.32. The highest BCUT2D eigenvalue weighted by Crippen LogP contribution is 2.26. The molecule has 21 heavy (non-hydrogen) atoms. The molecule has 0 saturated carbocycles. The van der Waals surface area contributed by atoms with Crippen molar-refractivity contribution in [1.29, 1.82) is 0 Å². The summed E-state index contributed by atoms with van der Waals surface area (Å²) in [6.45, 7) is -0.526. The van der Waals surface area contributed by atoms with Gasteiger partial charge in [-0.1, -0.05) is 30.3 Å². The van der Waals surface area contributed by atoms with E-state index in [4.69, 9.17) is 9.84 Å². The number of ether oxygens (including phenoxy) is 1. The highest BCUT2D eigenvalue weighted by Gasteiger charge is 2.47. The van der Waals surface area contributed by atoms with Crippen LogP contribution in [0.15, 0.2) is 30.3 Å². The first kappa shape index (κ1) is 15.3. The maximum atomic E-state index is 12.1. The Balaban J connectivity index is 2.06. The quantitative estimate of drug-likeness (QED) is 0.732. The van der Waals surface area contributed by atoms with Crippen LogP contribution in [0.2, 0.25) is 0 Å². The second kappa shape index (κ2) is 6.55. The predicted molar refractivity (Wildman–Crippen MR) is 71.4 cm³/mol. The van der Waals surface area contributed by atoms with E-state index in [0.29, 0.717) is 0 Å². The number of amides is 1. The van der Waals surface area contributed by atoms with Crippen LogP contribution in [-0.4, -0.2) is 57.1 Å². The lowest BCUT2D eigenvalue weighted by atomic mass is 10.1. The number of aliphatic hydroxyl groups is 2. The highest BCUT2D eigenvalue weighted by atomic mass is 16.6. The molecule has 3 N–H and O–H groups in total. The molecule has 0 spiro atoms. The van der Waals surface area contributed by atoms with Crippen LogP contribution < -0.4 is 0 Å². The summed E-state index contributed by atoms with van der Waals surface area (Å²) in [5.41, 5.74) is 0.762. The Morgan fingerprint density at radius 1 is 1.29 bits per heavy atom. The van der Waals surface area contributed by atoms with Crippen molar-refractivity contribution in [3.63, 3.8) is 0 Å². The Morgan fingerprint density at radius 2 is 1.95 bits per heavy atom. The van der Waals surface area contributed by atoms with Crippen LogP contribution >= 0.6 is 0 Å². The van der Waals surface area contributed by atoms with Crippen LogP contribution in [0.1, 0.15) is 12.0 Å². The van der Waals surface area contributed by atoms with Crippen LogP contribution in [0.5, 0.6) is 0 Å².